The van der Waals surface area contributed by atoms with Crippen LogP contribution >= 0.6 is 35.3 Å². The minimum atomic E-state index is 0. The van der Waals surface area contributed by atoms with E-state index in [0.717, 1.165) is 0 Å². The van der Waals surface area contributed by atoms with Crippen LogP contribution in [0, 0.1) is 0 Å². The molecule has 2 rings (SSSR count). The number of thiophene rings is 1. The van der Waals surface area contributed by atoms with E-state index in [-0.39, 0.29) is 24.0 Å². The quantitative estimate of drug-likeness (QED) is 0.767. The first-order valence-corrected chi connectivity index (χ1v) is 5.49. The minimum absolute atomic E-state index is 0. The second kappa shape index (κ2) is 5.55. The van der Waals surface area contributed by atoms with E-state index < -0.39 is 0 Å². The average Bonchev–Trinajstić information content (AvgIpc) is 2.76. The molecule has 1 aliphatic rings. The first-order valence-electron chi connectivity index (χ1n) is 4.61. The van der Waals surface area contributed by atoms with Crippen LogP contribution in [0.2, 0.25) is 0 Å². The van der Waals surface area contributed by atoms with Crippen molar-refractivity contribution in [3.8, 4) is 0 Å². The van der Waals surface area contributed by atoms with Crippen molar-refractivity contribution in [3.05, 3.63) is 40.9 Å². The predicted octanol–water partition coefficient (Wildman–Crippen LogP) is 3.05. The lowest BCUT2D eigenvalue weighted by molar-refractivity contribution is 0.258. The van der Waals surface area contributed by atoms with Gasteiger partial charge in [-0.05, 0) is 23.6 Å². The molecule has 1 aliphatic heterocycles. The summed E-state index contributed by atoms with van der Waals surface area (Å²) in [5, 5.41) is 2.10. The van der Waals surface area contributed by atoms with Crippen LogP contribution < -0.4 is 0 Å². The molecule has 0 amide bonds. The van der Waals surface area contributed by atoms with Gasteiger partial charge in [-0.15, -0.1) is 35.3 Å². The zero-order valence-electron chi connectivity index (χ0n) is 8.83. The van der Waals surface area contributed by atoms with E-state index in [0.29, 0.717) is 6.17 Å². The van der Waals surface area contributed by atoms with Gasteiger partial charge in [0.1, 0.15) is 6.17 Å². The third kappa shape index (κ3) is 2.98. The van der Waals surface area contributed by atoms with Crippen LogP contribution in [0.15, 0.2) is 36.0 Å². The Morgan fingerprint density at radius 2 is 1.93 bits per heavy atom. The summed E-state index contributed by atoms with van der Waals surface area (Å²) in [7, 11) is 4.17. The Bertz CT molecular complexity index is 333. The SMILES string of the molecule is CN1C=CN(C)C1/C=C/c1cccs1.I. The van der Waals surface area contributed by atoms with Gasteiger partial charge in [-0.2, -0.15) is 0 Å². The molecular weight excluding hydrogens is 319 g/mol. The Morgan fingerprint density at radius 3 is 2.47 bits per heavy atom. The van der Waals surface area contributed by atoms with Gasteiger partial charge < -0.3 is 9.80 Å². The topological polar surface area (TPSA) is 6.48 Å². The third-order valence-corrected chi connectivity index (χ3v) is 3.18. The van der Waals surface area contributed by atoms with E-state index in [1.807, 2.05) is 0 Å². The van der Waals surface area contributed by atoms with E-state index in [1.165, 1.54) is 4.88 Å². The van der Waals surface area contributed by atoms with Gasteiger partial charge in [-0.3, -0.25) is 0 Å². The third-order valence-electron chi connectivity index (χ3n) is 2.35. The zero-order chi connectivity index (χ0) is 9.97. The highest BCUT2D eigenvalue weighted by atomic mass is 127. The molecule has 1 aromatic rings. The van der Waals surface area contributed by atoms with Crippen LogP contribution in [0.3, 0.4) is 0 Å². The van der Waals surface area contributed by atoms with Crippen molar-refractivity contribution in [2.45, 2.75) is 6.17 Å². The largest absolute Gasteiger partial charge is 0.356 e. The molecular formula is C11H15IN2S. The minimum Gasteiger partial charge on any atom is -0.356 e. The van der Waals surface area contributed by atoms with Crippen molar-refractivity contribution in [2.75, 3.05) is 14.1 Å². The lowest BCUT2D eigenvalue weighted by Gasteiger charge is -2.24. The van der Waals surface area contributed by atoms with Crippen LogP contribution in [-0.2, 0) is 0 Å². The summed E-state index contributed by atoms with van der Waals surface area (Å²) in [5.41, 5.74) is 0. The number of likely N-dealkylation sites (N-methyl/N-ethyl adjacent to an activating group) is 2. The molecule has 0 saturated heterocycles. The van der Waals surface area contributed by atoms with E-state index in [1.54, 1.807) is 11.3 Å². The number of hydrogen-bond donors (Lipinski definition) is 0. The van der Waals surface area contributed by atoms with Gasteiger partial charge in [0.05, 0.1) is 0 Å². The number of hydrogen-bond acceptors (Lipinski definition) is 3. The predicted molar refractivity (Wildman–Crippen MR) is 77.2 cm³/mol. The van der Waals surface area contributed by atoms with E-state index in [2.05, 4.69) is 66.0 Å². The molecule has 0 aliphatic carbocycles. The van der Waals surface area contributed by atoms with Gasteiger partial charge in [-0.25, -0.2) is 0 Å². The summed E-state index contributed by atoms with van der Waals surface area (Å²) in [5.74, 6) is 0. The first-order chi connectivity index (χ1) is 6.77. The fraction of sp³-hybridized carbons (Fsp3) is 0.273. The van der Waals surface area contributed by atoms with Crippen LogP contribution in [0.5, 0.6) is 0 Å². The Balaban J connectivity index is 0.00000112. The normalized spacial score (nSPS) is 16.4. The van der Waals surface area contributed by atoms with E-state index in [9.17, 15) is 0 Å². The van der Waals surface area contributed by atoms with Crippen LogP contribution in [-0.4, -0.2) is 30.1 Å². The van der Waals surface area contributed by atoms with Crippen molar-refractivity contribution in [1.29, 1.82) is 0 Å². The smallest absolute Gasteiger partial charge is 0.120 e. The molecule has 0 saturated carbocycles. The Labute approximate surface area is 112 Å². The van der Waals surface area contributed by atoms with Gasteiger partial charge in [0.25, 0.3) is 0 Å². The molecule has 0 unspecified atom stereocenters. The summed E-state index contributed by atoms with van der Waals surface area (Å²) in [6, 6.07) is 4.20. The molecule has 0 fully saturated rings. The summed E-state index contributed by atoms with van der Waals surface area (Å²) < 4.78 is 0. The highest BCUT2D eigenvalue weighted by Crippen LogP contribution is 2.16. The number of nitrogens with zero attached hydrogens (tertiary/aromatic N) is 2. The maximum Gasteiger partial charge on any atom is 0.120 e. The standard InChI is InChI=1S/C11H14N2S.HI/c1-12-7-8-13(2)11(12)6-5-10-4-3-9-14-10;/h3-9,11H,1-2H3;1H/b6-5+;. The number of halogens is 1. The highest BCUT2D eigenvalue weighted by Gasteiger charge is 2.16. The summed E-state index contributed by atoms with van der Waals surface area (Å²) in [4.78, 5) is 5.67. The number of rotatable bonds is 2. The average molecular weight is 334 g/mol. The molecule has 0 aromatic carbocycles. The van der Waals surface area contributed by atoms with Crippen LogP contribution in [0.25, 0.3) is 6.08 Å². The van der Waals surface area contributed by atoms with Gasteiger partial charge in [0.15, 0.2) is 0 Å². The molecule has 1 aromatic heterocycles. The van der Waals surface area contributed by atoms with Crippen molar-refractivity contribution in [1.82, 2.24) is 9.80 Å². The fourth-order valence-electron chi connectivity index (χ4n) is 1.51. The first kappa shape index (κ1) is 12.6. The van der Waals surface area contributed by atoms with Crippen molar-refractivity contribution < 1.29 is 0 Å². The van der Waals surface area contributed by atoms with Gasteiger partial charge >= 0.3 is 0 Å². The van der Waals surface area contributed by atoms with E-state index >= 15 is 0 Å². The highest BCUT2D eigenvalue weighted by molar-refractivity contribution is 14.0. The molecule has 0 bridgehead atoms. The molecule has 0 N–H and O–H groups in total. The van der Waals surface area contributed by atoms with E-state index in [4.69, 9.17) is 0 Å². The molecule has 82 valence electrons. The Kier molecular flexibility index (Phi) is 4.66. The van der Waals surface area contributed by atoms with Gasteiger partial charge in [0.2, 0.25) is 0 Å². The second-order valence-corrected chi connectivity index (χ2v) is 4.40. The molecule has 0 spiro atoms. The molecule has 2 heterocycles. The molecule has 0 atom stereocenters. The maximum atomic E-state index is 2.21. The fourth-order valence-corrected chi connectivity index (χ4v) is 2.14. The van der Waals surface area contributed by atoms with Gasteiger partial charge in [-0.1, -0.05) is 6.07 Å². The Hall–Kier alpha value is -0.490. The monoisotopic (exact) mass is 334 g/mol. The second-order valence-electron chi connectivity index (χ2n) is 3.42. The van der Waals surface area contributed by atoms with Gasteiger partial charge in [0, 0.05) is 31.4 Å². The summed E-state index contributed by atoms with van der Waals surface area (Å²) in [6.45, 7) is 0. The zero-order valence-corrected chi connectivity index (χ0v) is 12.0. The van der Waals surface area contributed by atoms with Crippen molar-refractivity contribution in [3.63, 3.8) is 0 Å². The molecule has 0 radical (unpaired) electrons. The van der Waals surface area contributed by atoms with Crippen molar-refractivity contribution >= 4 is 41.4 Å². The summed E-state index contributed by atoms with van der Waals surface area (Å²) >= 11 is 1.76. The lowest BCUT2D eigenvalue weighted by atomic mass is 10.3. The van der Waals surface area contributed by atoms with Crippen molar-refractivity contribution in [2.24, 2.45) is 0 Å². The molecule has 2 nitrogen and oxygen atoms in total. The van der Waals surface area contributed by atoms with Crippen LogP contribution in [0.1, 0.15) is 4.88 Å². The maximum absolute atomic E-state index is 2.21. The molecule has 4 heteroatoms. The molecule has 15 heavy (non-hydrogen) atoms. The lowest BCUT2D eigenvalue weighted by Crippen LogP contribution is -2.31. The summed E-state index contributed by atoms with van der Waals surface area (Å²) in [6.07, 6.45) is 8.92. The van der Waals surface area contributed by atoms with Crippen LogP contribution in [0.4, 0.5) is 0 Å². The Morgan fingerprint density at radius 1 is 1.27 bits per heavy atom.